The van der Waals surface area contributed by atoms with Gasteiger partial charge in [-0.1, -0.05) is 0 Å². The molecule has 0 radical (unpaired) electrons. The summed E-state index contributed by atoms with van der Waals surface area (Å²) in [6, 6.07) is 7.96. The molecule has 0 saturated carbocycles. The summed E-state index contributed by atoms with van der Waals surface area (Å²) in [6.07, 6.45) is 2.06. The van der Waals surface area contributed by atoms with Gasteiger partial charge in [0.05, 0.1) is 7.11 Å². The molecule has 0 fully saturated rings. The summed E-state index contributed by atoms with van der Waals surface area (Å²) in [4.78, 5) is 0. The maximum absolute atomic E-state index is 5.05. The van der Waals surface area contributed by atoms with Gasteiger partial charge in [0.15, 0.2) is 6.21 Å². The molecular formula is C10H14ClNO. The number of hydrogen-bond donors (Lipinski definition) is 0. The van der Waals surface area contributed by atoms with Crippen LogP contribution in [-0.2, 0) is 0 Å². The molecule has 0 atom stereocenters. The van der Waals surface area contributed by atoms with Crippen molar-refractivity contribution in [3.63, 3.8) is 0 Å². The Morgan fingerprint density at radius 3 is 2.08 bits per heavy atom. The zero-order chi connectivity index (χ0) is 8.97. The molecule has 1 aromatic rings. The molecule has 0 aliphatic heterocycles. The van der Waals surface area contributed by atoms with E-state index < -0.39 is 0 Å². The molecule has 0 heterocycles. The molecule has 0 saturated heterocycles. The minimum Gasteiger partial charge on any atom is -1.00 e. The van der Waals surface area contributed by atoms with Crippen LogP contribution < -0.4 is 17.1 Å². The van der Waals surface area contributed by atoms with E-state index in [0.29, 0.717) is 0 Å². The van der Waals surface area contributed by atoms with Crippen LogP contribution in [0.2, 0.25) is 0 Å². The average Bonchev–Trinajstić information content (AvgIpc) is 2.05. The lowest BCUT2D eigenvalue weighted by Gasteiger charge is -1.97. The topological polar surface area (TPSA) is 12.2 Å². The molecule has 0 aliphatic carbocycles. The third-order valence-electron chi connectivity index (χ3n) is 1.52. The monoisotopic (exact) mass is 199 g/mol. The summed E-state index contributed by atoms with van der Waals surface area (Å²) in [6.45, 7) is 0. The standard InChI is InChI=1S/C10H14NO.ClH/c1-11(2)8-9-4-6-10(12-3)7-5-9;/h4-8H,1-3H3;1H/q+1;/p-1. The molecule has 2 nitrogen and oxygen atoms in total. The first-order valence-electron chi connectivity index (χ1n) is 3.88. The molecule has 0 aliphatic rings. The third-order valence-corrected chi connectivity index (χ3v) is 1.52. The Kier molecular flexibility index (Phi) is 5.16. The lowest BCUT2D eigenvalue weighted by molar-refractivity contribution is -0.458. The molecule has 13 heavy (non-hydrogen) atoms. The van der Waals surface area contributed by atoms with Crippen molar-refractivity contribution in [2.45, 2.75) is 0 Å². The first-order valence-corrected chi connectivity index (χ1v) is 3.88. The van der Waals surface area contributed by atoms with E-state index in [1.165, 1.54) is 5.56 Å². The summed E-state index contributed by atoms with van der Waals surface area (Å²) in [7, 11) is 5.68. The summed E-state index contributed by atoms with van der Waals surface area (Å²) < 4.78 is 7.06. The van der Waals surface area contributed by atoms with Crippen LogP contribution in [0.15, 0.2) is 24.3 Å². The van der Waals surface area contributed by atoms with Crippen LogP contribution in [-0.4, -0.2) is 32.0 Å². The first kappa shape index (κ1) is 12.0. The van der Waals surface area contributed by atoms with E-state index in [1.807, 2.05) is 42.9 Å². The highest BCUT2D eigenvalue weighted by molar-refractivity contribution is 5.75. The number of rotatable bonds is 2. The van der Waals surface area contributed by atoms with E-state index in [1.54, 1.807) is 7.11 Å². The zero-order valence-corrected chi connectivity index (χ0v) is 8.88. The lowest BCUT2D eigenvalue weighted by Crippen LogP contribution is -3.00. The van der Waals surface area contributed by atoms with Crippen LogP contribution >= 0.6 is 0 Å². The van der Waals surface area contributed by atoms with Gasteiger partial charge in [0, 0.05) is 5.56 Å². The van der Waals surface area contributed by atoms with Gasteiger partial charge in [-0.3, -0.25) is 0 Å². The van der Waals surface area contributed by atoms with E-state index >= 15 is 0 Å². The fraction of sp³-hybridized carbons (Fsp3) is 0.300. The van der Waals surface area contributed by atoms with Gasteiger partial charge in [-0.25, -0.2) is 4.58 Å². The van der Waals surface area contributed by atoms with Gasteiger partial charge in [-0.05, 0) is 24.3 Å². The minimum absolute atomic E-state index is 0. The summed E-state index contributed by atoms with van der Waals surface area (Å²) in [5.41, 5.74) is 1.18. The van der Waals surface area contributed by atoms with Crippen molar-refractivity contribution in [2.75, 3.05) is 21.2 Å². The molecule has 0 spiro atoms. The number of methoxy groups -OCH3 is 1. The quantitative estimate of drug-likeness (QED) is 0.413. The molecule has 0 bridgehead atoms. The smallest absolute Gasteiger partial charge is 0.170 e. The lowest BCUT2D eigenvalue weighted by atomic mass is 10.2. The van der Waals surface area contributed by atoms with E-state index in [4.69, 9.17) is 4.74 Å². The zero-order valence-electron chi connectivity index (χ0n) is 8.12. The van der Waals surface area contributed by atoms with Crippen LogP contribution in [0.5, 0.6) is 5.75 Å². The van der Waals surface area contributed by atoms with Crippen molar-refractivity contribution in [1.29, 1.82) is 0 Å². The molecule has 1 rings (SSSR count). The van der Waals surface area contributed by atoms with Crippen molar-refractivity contribution in [2.24, 2.45) is 0 Å². The van der Waals surface area contributed by atoms with Gasteiger partial charge in [0.1, 0.15) is 19.8 Å². The van der Waals surface area contributed by atoms with Crippen LogP contribution in [0, 0.1) is 0 Å². The predicted octanol–water partition coefficient (Wildman–Crippen LogP) is -1.61. The average molecular weight is 200 g/mol. The Hall–Kier alpha value is -1.02. The Balaban J connectivity index is 0.00000144. The number of ether oxygens (including phenoxy) is 1. The first-order chi connectivity index (χ1) is 5.72. The molecule has 3 heteroatoms. The van der Waals surface area contributed by atoms with Crippen molar-refractivity contribution in [3.05, 3.63) is 29.8 Å². The number of hydrogen-bond acceptors (Lipinski definition) is 1. The largest absolute Gasteiger partial charge is 1.00 e. The molecule has 0 amide bonds. The molecule has 72 valence electrons. The third kappa shape index (κ3) is 3.95. The van der Waals surface area contributed by atoms with Crippen LogP contribution in [0.3, 0.4) is 0 Å². The second-order valence-corrected chi connectivity index (χ2v) is 2.87. The number of benzene rings is 1. The van der Waals surface area contributed by atoms with Crippen molar-refractivity contribution in [3.8, 4) is 5.75 Å². The molecule has 1 aromatic carbocycles. The minimum atomic E-state index is 0. The van der Waals surface area contributed by atoms with E-state index in [9.17, 15) is 0 Å². The highest BCUT2D eigenvalue weighted by Crippen LogP contribution is 2.09. The second-order valence-electron chi connectivity index (χ2n) is 2.87. The highest BCUT2D eigenvalue weighted by atomic mass is 35.5. The van der Waals surface area contributed by atoms with Crippen LogP contribution in [0.4, 0.5) is 0 Å². The van der Waals surface area contributed by atoms with Crippen LogP contribution in [0.25, 0.3) is 0 Å². The van der Waals surface area contributed by atoms with Crippen LogP contribution in [0.1, 0.15) is 5.56 Å². The number of nitrogens with zero attached hydrogens (tertiary/aromatic N) is 1. The molecule has 0 unspecified atom stereocenters. The maximum Gasteiger partial charge on any atom is 0.170 e. The molecule has 0 N–H and O–H groups in total. The Morgan fingerprint density at radius 2 is 1.69 bits per heavy atom. The molecular weight excluding hydrogens is 186 g/mol. The van der Waals surface area contributed by atoms with Gasteiger partial charge >= 0.3 is 0 Å². The van der Waals surface area contributed by atoms with Gasteiger partial charge < -0.3 is 17.1 Å². The Labute approximate surface area is 85.3 Å². The Bertz CT molecular complexity index is 275. The van der Waals surface area contributed by atoms with E-state index in [0.717, 1.165) is 5.75 Å². The van der Waals surface area contributed by atoms with Gasteiger partial charge in [-0.15, -0.1) is 0 Å². The summed E-state index contributed by atoms with van der Waals surface area (Å²) >= 11 is 0. The maximum atomic E-state index is 5.05. The van der Waals surface area contributed by atoms with Gasteiger partial charge in [-0.2, -0.15) is 0 Å². The SMILES string of the molecule is COc1ccc(C=[N+](C)C)cc1.[Cl-]. The van der Waals surface area contributed by atoms with E-state index in [-0.39, 0.29) is 12.4 Å². The van der Waals surface area contributed by atoms with Gasteiger partial charge in [0.25, 0.3) is 0 Å². The Morgan fingerprint density at radius 1 is 1.15 bits per heavy atom. The molecule has 0 aromatic heterocycles. The predicted molar refractivity (Wildman–Crippen MR) is 50.3 cm³/mol. The normalized spacial score (nSPS) is 8.54. The number of halogens is 1. The van der Waals surface area contributed by atoms with Crippen molar-refractivity contribution in [1.82, 2.24) is 0 Å². The van der Waals surface area contributed by atoms with Crippen molar-refractivity contribution < 1.29 is 21.7 Å². The summed E-state index contributed by atoms with van der Waals surface area (Å²) in [5.74, 6) is 0.894. The second kappa shape index (κ2) is 5.60. The fourth-order valence-electron chi connectivity index (χ4n) is 0.988. The summed E-state index contributed by atoms with van der Waals surface area (Å²) in [5, 5.41) is 0. The van der Waals surface area contributed by atoms with Gasteiger partial charge in [0.2, 0.25) is 0 Å². The van der Waals surface area contributed by atoms with Crippen molar-refractivity contribution >= 4 is 6.21 Å². The fourth-order valence-corrected chi connectivity index (χ4v) is 0.988. The van der Waals surface area contributed by atoms with E-state index in [2.05, 4.69) is 6.21 Å². The highest BCUT2D eigenvalue weighted by Gasteiger charge is 1.93.